The Morgan fingerprint density at radius 3 is 2.57 bits per heavy atom. The third-order valence-electron chi connectivity index (χ3n) is 3.60. The zero-order chi connectivity index (χ0) is 15.5. The summed E-state index contributed by atoms with van der Waals surface area (Å²) in [5, 5.41) is 3.66. The van der Waals surface area contributed by atoms with Gasteiger partial charge in [-0.05, 0) is 57.1 Å². The summed E-state index contributed by atoms with van der Waals surface area (Å²) in [5.74, 6) is 0. The van der Waals surface area contributed by atoms with Crippen molar-refractivity contribution < 1.29 is 4.74 Å². The summed E-state index contributed by atoms with van der Waals surface area (Å²) in [4.78, 5) is 2.39. The van der Waals surface area contributed by atoms with E-state index >= 15 is 0 Å². The van der Waals surface area contributed by atoms with Crippen LogP contribution in [-0.4, -0.2) is 45.3 Å². The molecule has 0 aromatic heterocycles. The van der Waals surface area contributed by atoms with E-state index in [-0.39, 0.29) is 0 Å². The number of rotatable bonds is 11. The Balaban J connectivity index is 2.47. The highest BCUT2D eigenvalue weighted by molar-refractivity contribution is 9.10. The molecule has 0 saturated carbocycles. The van der Waals surface area contributed by atoms with Gasteiger partial charge in [0.05, 0.1) is 0 Å². The Hall–Kier alpha value is -0.420. The molecule has 1 aromatic rings. The molecular formula is C17H29BrN2O. The van der Waals surface area contributed by atoms with Gasteiger partial charge in [-0.1, -0.05) is 35.0 Å². The Morgan fingerprint density at radius 1 is 1.24 bits per heavy atom. The highest BCUT2D eigenvalue weighted by atomic mass is 79.9. The lowest BCUT2D eigenvalue weighted by molar-refractivity contribution is 0.178. The number of hydrogen-bond acceptors (Lipinski definition) is 3. The zero-order valence-corrected chi connectivity index (χ0v) is 15.2. The normalized spacial score (nSPS) is 12.8. The van der Waals surface area contributed by atoms with Gasteiger partial charge in [0.1, 0.15) is 0 Å². The standard InChI is InChI=1S/C17H29BrN2O/c1-4-11-19-17(15-6-8-16(18)9-7-15)10-13-20(2)12-5-14-21-3/h6-9,17,19H,4-5,10-14H2,1-3H3. The topological polar surface area (TPSA) is 24.5 Å². The van der Waals surface area contributed by atoms with Crippen molar-refractivity contribution in [1.29, 1.82) is 0 Å². The van der Waals surface area contributed by atoms with Crippen LogP contribution in [-0.2, 0) is 4.74 Å². The van der Waals surface area contributed by atoms with Gasteiger partial charge >= 0.3 is 0 Å². The second kappa shape index (κ2) is 11.2. The van der Waals surface area contributed by atoms with Gasteiger partial charge in [-0.15, -0.1) is 0 Å². The van der Waals surface area contributed by atoms with E-state index in [1.807, 2.05) is 0 Å². The quantitative estimate of drug-likeness (QED) is 0.609. The maximum atomic E-state index is 5.11. The third-order valence-corrected chi connectivity index (χ3v) is 4.13. The number of nitrogens with zero attached hydrogens (tertiary/aromatic N) is 1. The Morgan fingerprint density at radius 2 is 1.95 bits per heavy atom. The fraction of sp³-hybridized carbons (Fsp3) is 0.647. The molecule has 3 nitrogen and oxygen atoms in total. The zero-order valence-electron chi connectivity index (χ0n) is 13.6. The molecule has 1 atom stereocenters. The summed E-state index contributed by atoms with van der Waals surface area (Å²) in [7, 11) is 3.95. The van der Waals surface area contributed by atoms with Crippen LogP contribution in [0.1, 0.15) is 37.8 Å². The Kier molecular flexibility index (Phi) is 9.92. The van der Waals surface area contributed by atoms with Gasteiger partial charge in [-0.3, -0.25) is 0 Å². The molecule has 0 fully saturated rings. The molecule has 1 aromatic carbocycles. The summed E-state index contributed by atoms with van der Waals surface area (Å²) < 4.78 is 6.24. The van der Waals surface area contributed by atoms with Crippen LogP contribution >= 0.6 is 15.9 Å². The predicted molar refractivity (Wildman–Crippen MR) is 93.8 cm³/mol. The van der Waals surface area contributed by atoms with Crippen LogP contribution in [0.3, 0.4) is 0 Å². The summed E-state index contributed by atoms with van der Waals surface area (Å²) in [5.41, 5.74) is 1.37. The largest absolute Gasteiger partial charge is 0.385 e. The van der Waals surface area contributed by atoms with Crippen molar-refractivity contribution in [3.63, 3.8) is 0 Å². The van der Waals surface area contributed by atoms with Gasteiger partial charge in [-0.25, -0.2) is 0 Å². The molecule has 4 heteroatoms. The van der Waals surface area contributed by atoms with Crippen LogP contribution in [0, 0.1) is 0 Å². The highest BCUT2D eigenvalue weighted by Gasteiger charge is 2.11. The summed E-state index contributed by atoms with van der Waals surface area (Å²) >= 11 is 3.50. The minimum Gasteiger partial charge on any atom is -0.385 e. The maximum Gasteiger partial charge on any atom is 0.0474 e. The van der Waals surface area contributed by atoms with E-state index in [4.69, 9.17) is 4.74 Å². The highest BCUT2D eigenvalue weighted by Crippen LogP contribution is 2.20. The molecule has 1 unspecified atom stereocenters. The molecule has 1 rings (SSSR count). The van der Waals surface area contributed by atoms with Crippen LogP contribution in [0.5, 0.6) is 0 Å². The fourth-order valence-electron chi connectivity index (χ4n) is 2.34. The van der Waals surface area contributed by atoms with Gasteiger partial charge in [0, 0.05) is 30.8 Å². The van der Waals surface area contributed by atoms with E-state index in [1.54, 1.807) is 7.11 Å². The van der Waals surface area contributed by atoms with Gasteiger partial charge in [0.15, 0.2) is 0 Å². The molecule has 0 saturated heterocycles. The molecule has 0 aliphatic carbocycles. The van der Waals surface area contributed by atoms with Crippen molar-refractivity contribution >= 4 is 15.9 Å². The molecule has 0 amide bonds. The molecular weight excluding hydrogens is 328 g/mol. The van der Waals surface area contributed by atoms with E-state index < -0.39 is 0 Å². The number of ether oxygens (including phenoxy) is 1. The molecule has 1 N–H and O–H groups in total. The minimum absolute atomic E-state index is 0.433. The lowest BCUT2D eigenvalue weighted by Gasteiger charge is -2.23. The Bertz CT molecular complexity index is 370. The fourth-order valence-corrected chi connectivity index (χ4v) is 2.60. The molecule has 21 heavy (non-hydrogen) atoms. The first-order chi connectivity index (χ1) is 10.2. The van der Waals surface area contributed by atoms with E-state index in [2.05, 4.69) is 64.4 Å². The van der Waals surface area contributed by atoms with E-state index in [9.17, 15) is 0 Å². The van der Waals surface area contributed by atoms with Crippen LogP contribution < -0.4 is 5.32 Å². The third kappa shape index (κ3) is 7.96. The van der Waals surface area contributed by atoms with Gasteiger partial charge in [0.25, 0.3) is 0 Å². The number of methoxy groups -OCH3 is 1. The van der Waals surface area contributed by atoms with Crippen molar-refractivity contribution in [2.75, 3.05) is 40.4 Å². The van der Waals surface area contributed by atoms with Crippen LogP contribution in [0.2, 0.25) is 0 Å². The molecule has 0 heterocycles. The monoisotopic (exact) mass is 356 g/mol. The molecule has 120 valence electrons. The lowest BCUT2D eigenvalue weighted by atomic mass is 10.0. The van der Waals surface area contributed by atoms with Crippen molar-refractivity contribution in [1.82, 2.24) is 10.2 Å². The van der Waals surface area contributed by atoms with Gasteiger partial charge < -0.3 is 15.0 Å². The number of halogens is 1. The number of hydrogen-bond donors (Lipinski definition) is 1. The summed E-state index contributed by atoms with van der Waals surface area (Å²) in [6.45, 7) is 6.31. The van der Waals surface area contributed by atoms with Crippen molar-refractivity contribution in [2.45, 2.75) is 32.2 Å². The van der Waals surface area contributed by atoms with Crippen molar-refractivity contribution in [3.05, 3.63) is 34.3 Å². The average molecular weight is 357 g/mol. The second-order valence-corrected chi connectivity index (χ2v) is 6.41. The molecule has 0 spiro atoms. The van der Waals surface area contributed by atoms with E-state index in [0.717, 1.165) is 50.0 Å². The van der Waals surface area contributed by atoms with E-state index in [1.165, 1.54) is 5.56 Å². The van der Waals surface area contributed by atoms with Crippen LogP contribution in [0.25, 0.3) is 0 Å². The second-order valence-electron chi connectivity index (χ2n) is 5.50. The van der Waals surface area contributed by atoms with Crippen molar-refractivity contribution in [2.24, 2.45) is 0 Å². The summed E-state index contributed by atoms with van der Waals surface area (Å²) in [6, 6.07) is 9.10. The Labute approximate surface area is 138 Å². The molecule has 0 radical (unpaired) electrons. The molecule has 0 aliphatic rings. The number of benzene rings is 1. The van der Waals surface area contributed by atoms with E-state index in [0.29, 0.717) is 6.04 Å². The first-order valence-corrected chi connectivity index (χ1v) is 8.63. The maximum absolute atomic E-state index is 5.11. The SMILES string of the molecule is CCCNC(CCN(C)CCCOC)c1ccc(Br)cc1. The smallest absolute Gasteiger partial charge is 0.0474 e. The first kappa shape index (κ1) is 18.6. The first-order valence-electron chi connectivity index (χ1n) is 7.83. The average Bonchev–Trinajstić information content (AvgIpc) is 2.49. The predicted octanol–water partition coefficient (Wildman–Crippen LogP) is 3.85. The minimum atomic E-state index is 0.433. The van der Waals surface area contributed by atoms with Crippen LogP contribution in [0.4, 0.5) is 0 Å². The van der Waals surface area contributed by atoms with Crippen LogP contribution in [0.15, 0.2) is 28.7 Å². The lowest BCUT2D eigenvalue weighted by Crippen LogP contribution is -2.28. The van der Waals surface area contributed by atoms with Gasteiger partial charge in [0.2, 0.25) is 0 Å². The van der Waals surface area contributed by atoms with Gasteiger partial charge in [-0.2, -0.15) is 0 Å². The van der Waals surface area contributed by atoms with Crippen molar-refractivity contribution in [3.8, 4) is 0 Å². The molecule has 0 bridgehead atoms. The summed E-state index contributed by atoms with van der Waals surface area (Å²) in [6.07, 6.45) is 3.39. The molecule has 0 aliphatic heterocycles. The number of nitrogens with one attached hydrogen (secondary N) is 1.